The van der Waals surface area contributed by atoms with E-state index in [1.54, 1.807) is 24.3 Å². The van der Waals surface area contributed by atoms with Gasteiger partial charge in [0, 0.05) is 19.6 Å². The maximum Gasteiger partial charge on any atom is 0.215 e. The van der Waals surface area contributed by atoms with E-state index in [2.05, 4.69) is 4.72 Å². The summed E-state index contributed by atoms with van der Waals surface area (Å²) in [6.45, 7) is 0.476. The lowest BCUT2D eigenvalue weighted by Gasteiger charge is -2.20. The molecule has 0 bridgehead atoms. The Bertz CT molecular complexity index is 616. The highest BCUT2D eigenvalue weighted by Gasteiger charge is 2.33. The summed E-state index contributed by atoms with van der Waals surface area (Å²) < 4.78 is 31.4. The Morgan fingerprint density at radius 2 is 2.20 bits per heavy atom. The smallest absolute Gasteiger partial charge is 0.215 e. The highest BCUT2D eigenvalue weighted by atomic mass is 32.2. The first-order valence-corrected chi connectivity index (χ1v) is 7.85. The third-order valence-corrected chi connectivity index (χ3v) is 4.46. The quantitative estimate of drug-likeness (QED) is 0.804. The van der Waals surface area contributed by atoms with Gasteiger partial charge in [-0.3, -0.25) is 0 Å². The van der Waals surface area contributed by atoms with E-state index in [0.29, 0.717) is 24.2 Å². The molecular weight excluding hydrogens is 280 g/mol. The average molecular weight is 296 g/mol. The highest BCUT2D eigenvalue weighted by Crippen LogP contribution is 2.18. The summed E-state index contributed by atoms with van der Waals surface area (Å²) in [6, 6.07) is 8.50. The molecule has 2 N–H and O–H groups in total. The zero-order valence-corrected chi connectivity index (χ0v) is 11.7. The molecule has 0 saturated carbocycles. The van der Waals surface area contributed by atoms with Crippen molar-refractivity contribution in [2.24, 2.45) is 0 Å². The molecule has 1 aromatic carbocycles. The van der Waals surface area contributed by atoms with E-state index in [0.717, 1.165) is 0 Å². The van der Waals surface area contributed by atoms with Crippen LogP contribution in [-0.2, 0) is 20.5 Å². The van der Waals surface area contributed by atoms with Crippen LogP contribution in [0.5, 0.6) is 0 Å². The van der Waals surface area contributed by atoms with E-state index in [1.807, 2.05) is 6.07 Å². The number of hydrogen-bond donors (Lipinski definition) is 2. The number of ether oxygens (including phenoxy) is 1. The van der Waals surface area contributed by atoms with E-state index in [-0.39, 0.29) is 18.9 Å². The van der Waals surface area contributed by atoms with Gasteiger partial charge in [-0.2, -0.15) is 5.26 Å². The summed E-state index contributed by atoms with van der Waals surface area (Å²) in [6.07, 6.45) is 0.407. The summed E-state index contributed by atoms with van der Waals surface area (Å²) in [5.41, 5.74) is -0.361. The number of nitriles is 1. The van der Waals surface area contributed by atoms with Gasteiger partial charge in [0.1, 0.15) is 5.60 Å². The van der Waals surface area contributed by atoms with Crippen molar-refractivity contribution in [3.8, 4) is 6.07 Å². The third kappa shape index (κ3) is 3.77. The molecule has 1 aliphatic heterocycles. The van der Waals surface area contributed by atoms with Crippen LogP contribution in [0.1, 0.15) is 17.5 Å². The monoisotopic (exact) mass is 296 g/mol. The minimum Gasteiger partial charge on any atom is -0.386 e. The number of rotatable bonds is 5. The fourth-order valence-corrected chi connectivity index (χ4v) is 3.24. The second kappa shape index (κ2) is 5.89. The Hall–Kier alpha value is -1.46. The number of hydrogen-bond acceptors (Lipinski definition) is 5. The Morgan fingerprint density at radius 1 is 1.45 bits per heavy atom. The first-order chi connectivity index (χ1) is 9.44. The molecule has 0 aliphatic carbocycles. The van der Waals surface area contributed by atoms with E-state index >= 15 is 0 Å². The Balaban J connectivity index is 2.02. The SMILES string of the molecule is N#Cc1ccccc1CS(=O)(=O)NCC1(O)CCOC1. The van der Waals surface area contributed by atoms with E-state index < -0.39 is 15.6 Å². The van der Waals surface area contributed by atoms with Crippen LogP contribution in [0.3, 0.4) is 0 Å². The van der Waals surface area contributed by atoms with Crippen LogP contribution in [0.4, 0.5) is 0 Å². The number of sulfonamides is 1. The largest absolute Gasteiger partial charge is 0.386 e. The number of benzene rings is 1. The summed E-state index contributed by atoms with van der Waals surface area (Å²) in [7, 11) is -3.61. The number of aliphatic hydroxyl groups is 1. The van der Waals surface area contributed by atoms with Crippen LogP contribution in [0.15, 0.2) is 24.3 Å². The van der Waals surface area contributed by atoms with Gasteiger partial charge in [-0.05, 0) is 11.6 Å². The molecule has 1 atom stereocenters. The van der Waals surface area contributed by atoms with Crippen LogP contribution < -0.4 is 4.72 Å². The van der Waals surface area contributed by atoms with Crippen LogP contribution in [-0.4, -0.2) is 38.9 Å². The Kier molecular flexibility index (Phi) is 4.40. The Morgan fingerprint density at radius 3 is 2.85 bits per heavy atom. The van der Waals surface area contributed by atoms with Gasteiger partial charge < -0.3 is 9.84 Å². The van der Waals surface area contributed by atoms with Crippen molar-refractivity contribution >= 4 is 10.0 Å². The zero-order valence-electron chi connectivity index (χ0n) is 10.9. The topological polar surface area (TPSA) is 99.4 Å². The van der Waals surface area contributed by atoms with Crippen molar-refractivity contribution in [2.45, 2.75) is 17.8 Å². The second-order valence-corrected chi connectivity index (χ2v) is 6.68. The predicted molar refractivity (Wildman–Crippen MR) is 72.2 cm³/mol. The molecule has 0 aromatic heterocycles. The van der Waals surface area contributed by atoms with E-state index in [4.69, 9.17) is 10.00 Å². The van der Waals surface area contributed by atoms with Crippen molar-refractivity contribution in [2.75, 3.05) is 19.8 Å². The number of nitrogens with zero attached hydrogens (tertiary/aromatic N) is 1. The maximum absolute atomic E-state index is 12.0. The summed E-state index contributed by atoms with van der Waals surface area (Å²) >= 11 is 0. The van der Waals surface area contributed by atoms with Crippen molar-refractivity contribution in [3.05, 3.63) is 35.4 Å². The predicted octanol–water partition coefficient (Wildman–Crippen LogP) is 0.129. The summed E-state index contributed by atoms with van der Waals surface area (Å²) in [5.74, 6) is -0.284. The van der Waals surface area contributed by atoms with Gasteiger partial charge in [0.2, 0.25) is 10.0 Å². The van der Waals surface area contributed by atoms with Crippen molar-refractivity contribution in [1.82, 2.24) is 4.72 Å². The molecule has 0 amide bonds. The van der Waals surface area contributed by atoms with Crippen molar-refractivity contribution < 1.29 is 18.3 Å². The first-order valence-electron chi connectivity index (χ1n) is 6.20. The molecule has 1 heterocycles. The van der Waals surface area contributed by atoms with Gasteiger partial charge in [-0.15, -0.1) is 0 Å². The van der Waals surface area contributed by atoms with Gasteiger partial charge in [0.15, 0.2) is 0 Å². The molecule has 0 radical (unpaired) electrons. The van der Waals surface area contributed by atoms with Crippen molar-refractivity contribution in [1.29, 1.82) is 5.26 Å². The van der Waals surface area contributed by atoms with Crippen LogP contribution in [0.25, 0.3) is 0 Å². The van der Waals surface area contributed by atoms with Gasteiger partial charge in [0.05, 0.1) is 24.0 Å². The van der Waals surface area contributed by atoms with E-state index in [1.165, 1.54) is 0 Å². The molecule has 1 aromatic rings. The highest BCUT2D eigenvalue weighted by molar-refractivity contribution is 7.88. The lowest BCUT2D eigenvalue weighted by molar-refractivity contribution is 0.0314. The minimum atomic E-state index is -3.61. The van der Waals surface area contributed by atoms with Crippen LogP contribution >= 0.6 is 0 Å². The van der Waals surface area contributed by atoms with Crippen LogP contribution in [0, 0.1) is 11.3 Å². The molecule has 6 nitrogen and oxygen atoms in total. The standard InChI is InChI=1S/C13H16N2O4S/c14-7-11-3-1-2-4-12(11)8-20(17,18)15-9-13(16)5-6-19-10-13/h1-4,15-16H,5-6,8-10H2. The lowest BCUT2D eigenvalue weighted by Crippen LogP contribution is -2.43. The van der Waals surface area contributed by atoms with Gasteiger partial charge in [-0.25, -0.2) is 13.1 Å². The van der Waals surface area contributed by atoms with Gasteiger partial charge in [0.25, 0.3) is 0 Å². The van der Waals surface area contributed by atoms with Gasteiger partial charge in [-0.1, -0.05) is 18.2 Å². The molecule has 1 fully saturated rings. The minimum absolute atomic E-state index is 0.0793. The van der Waals surface area contributed by atoms with Crippen LogP contribution in [0.2, 0.25) is 0 Å². The maximum atomic E-state index is 12.0. The molecule has 7 heteroatoms. The number of nitrogens with one attached hydrogen (secondary N) is 1. The lowest BCUT2D eigenvalue weighted by atomic mass is 10.1. The molecule has 1 aliphatic rings. The van der Waals surface area contributed by atoms with E-state index in [9.17, 15) is 13.5 Å². The summed E-state index contributed by atoms with van der Waals surface area (Å²) in [5, 5.41) is 19.0. The third-order valence-electron chi connectivity index (χ3n) is 3.19. The molecule has 1 unspecified atom stereocenters. The van der Waals surface area contributed by atoms with Gasteiger partial charge >= 0.3 is 0 Å². The molecule has 20 heavy (non-hydrogen) atoms. The van der Waals surface area contributed by atoms with Crippen molar-refractivity contribution in [3.63, 3.8) is 0 Å². The first kappa shape index (κ1) is 14.9. The molecule has 108 valence electrons. The fourth-order valence-electron chi connectivity index (χ4n) is 1.99. The zero-order chi connectivity index (χ0) is 14.6. The Labute approximate surface area is 118 Å². The molecule has 2 rings (SSSR count). The summed E-state index contributed by atoms with van der Waals surface area (Å²) in [4.78, 5) is 0. The average Bonchev–Trinajstić information content (AvgIpc) is 2.85. The fraction of sp³-hybridized carbons (Fsp3) is 0.462. The molecule has 0 spiro atoms. The normalized spacial score (nSPS) is 22.6. The second-order valence-electron chi connectivity index (χ2n) is 4.88. The molecule has 1 saturated heterocycles. The molecular formula is C13H16N2O4S.